The molecule has 2 bridgehead atoms. The van der Waals surface area contributed by atoms with Crippen LogP contribution < -0.4 is 10.9 Å². The number of carbonyl (C=O) groups is 1. The molecule has 1 amide bonds. The van der Waals surface area contributed by atoms with Crippen LogP contribution in [0.5, 0.6) is 0 Å². The zero-order chi connectivity index (χ0) is 17.3. The maximum Gasteiger partial charge on any atom is 0.262 e. The highest BCUT2D eigenvalue weighted by Crippen LogP contribution is 2.65. The Morgan fingerprint density at radius 2 is 2.04 bits per heavy atom. The van der Waals surface area contributed by atoms with E-state index < -0.39 is 0 Å². The van der Waals surface area contributed by atoms with Crippen molar-refractivity contribution < 1.29 is 4.79 Å². The zero-order valence-electron chi connectivity index (χ0n) is 14.1. The number of nitrogens with zero attached hydrogens (tertiary/aromatic N) is 1. The number of fused-ring (bicyclic) bond motifs is 6. The van der Waals surface area contributed by atoms with Gasteiger partial charge in [-0.05, 0) is 80.3 Å². The Labute approximate surface area is 150 Å². The fourth-order valence-electron chi connectivity index (χ4n) is 5.44. The number of carbonyl (C=O) groups excluding carboxylic acids is 1. The van der Waals surface area contributed by atoms with E-state index in [1.165, 1.54) is 23.8 Å². The number of benzene rings is 1. The number of aromatic nitrogens is 2. The van der Waals surface area contributed by atoms with Gasteiger partial charge in [-0.1, -0.05) is 0 Å². The SMILES string of the molecule is CCn1c(=S)[nH]c2cc(C(=O)NC3[C@@H]4[C@H]5CC[C@@H](C5)[C@H]34)ccc2c1=O. The predicted molar refractivity (Wildman–Crippen MR) is 98.1 cm³/mol. The van der Waals surface area contributed by atoms with Crippen molar-refractivity contribution >= 4 is 29.0 Å². The van der Waals surface area contributed by atoms with Crippen molar-refractivity contribution in [2.75, 3.05) is 0 Å². The highest BCUT2D eigenvalue weighted by molar-refractivity contribution is 7.71. The summed E-state index contributed by atoms with van der Waals surface area (Å²) in [5, 5.41) is 3.79. The second-order valence-electron chi connectivity index (χ2n) is 7.73. The summed E-state index contributed by atoms with van der Waals surface area (Å²) in [6.45, 7) is 2.41. The van der Waals surface area contributed by atoms with Crippen molar-refractivity contribution in [2.24, 2.45) is 23.7 Å². The summed E-state index contributed by atoms with van der Waals surface area (Å²) in [4.78, 5) is 28.2. The van der Waals surface area contributed by atoms with Crippen LogP contribution in [-0.4, -0.2) is 21.5 Å². The van der Waals surface area contributed by atoms with Gasteiger partial charge in [0, 0.05) is 18.2 Å². The molecule has 3 fully saturated rings. The summed E-state index contributed by atoms with van der Waals surface area (Å²) >= 11 is 5.25. The van der Waals surface area contributed by atoms with E-state index >= 15 is 0 Å². The maximum absolute atomic E-state index is 12.7. The van der Waals surface area contributed by atoms with Gasteiger partial charge in [0.2, 0.25) is 0 Å². The molecule has 2 aromatic rings. The molecule has 6 heteroatoms. The lowest BCUT2D eigenvalue weighted by Gasteiger charge is -2.11. The third kappa shape index (κ3) is 2.16. The van der Waals surface area contributed by atoms with E-state index in [0.717, 1.165) is 11.8 Å². The smallest absolute Gasteiger partial charge is 0.262 e. The number of H-pyrrole nitrogens is 1. The Morgan fingerprint density at radius 1 is 1.32 bits per heavy atom. The minimum Gasteiger partial charge on any atom is -0.349 e. The number of nitrogens with one attached hydrogen (secondary N) is 2. The summed E-state index contributed by atoms with van der Waals surface area (Å²) < 4.78 is 1.92. The van der Waals surface area contributed by atoms with Gasteiger partial charge >= 0.3 is 0 Å². The van der Waals surface area contributed by atoms with Gasteiger partial charge in [0.1, 0.15) is 0 Å². The van der Waals surface area contributed by atoms with E-state index in [0.29, 0.717) is 45.7 Å². The third-order valence-corrected chi connectivity index (χ3v) is 6.92. The van der Waals surface area contributed by atoms with Crippen molar-refractivity contribution in [1.29, 1.82) is 0 Å². The maximum atomic E-state index is 12.7. The molecule has 3 aliphatic rings. The lowest BCUT2D eigenvalue weighted by Crippen LogP contribution is -2.30. The molecule has 3 aliphatic carbocycles. The van der Waals surface area contributed by atoms with Crippen molar-refractivity contribution in [2.45, 2.75) is 38.8 Å². The molecule has 1 heterocycles. The molecule has 5 rings (SSSR count). The third-order valence-electron chi connectivity index (χ3n) is 6.59. The average Bonchev–Trinajstić information content (AvgIpc) is 2.98. The molecular formula is C19H21N3O2S. The van der Waals surface area contributed by atoms with Crippen molar-refractivity contribution in [1.82, 2.24) is 14.9 Å². The van der Waals surface area contributed by atoms with Crippen LogP contribution in [0.1, 0.15) is 36.5 Å². The van der Waals surface area contributed by atoms with Crippen LogP contribution in [0, 0.1) is 28.4 Å². The second-order valence-corrected chi connectivity index (χ2v) is 8.11. The van der Waals surface area contributed by atoms with Crippen molar-refractivity contribution in [3.05, 3.63) is 38.9 Å². The molecular weight excluding hydrogens is 334 g/mol. The summed E-state index contributed by atoms with van der Waals surface area (Å²) in [7, 11) is 0. The Kier molecular flexibility index (Phi) is 3.23. The molecule has 5 atom stereocenters. The first-order chi connectivity index (χ1) is 12.1. The normalized spacial score (nSPS) is 32.0. The van der Waals surface area contributed by atoms with E-state index in [9.17, 15) is 9.59 Å². The van der Waals surface area contributed by atoms with Gasteiger partial charge in [0.25, 0.3) is 11.5 Å². The zero-order valence-corrected chi connectivity index (χ0v) is 14.9. The van der Waals surface area contributed by atoms with Gasteiger partial charge in [0.05, 0.1) is 10.9 Å². The molecule has 0 aliphatic heterocycles. The van der Waals surface area contributed by atoms with Crippen molar-refractivity contribution in [3.8, 4) is 0 Å². The number of hydrogen-bond acceptors (Lipinski definition) is 3. The predicted octanol–water partition coefficient (Wildman–Crippen LogP) is 2.85. The van der Waals surface area contributed by atoms with E-state index in [1.54, 1.807) is 18.2 Å². The molecule has 25 heavy (non-hydrogen) atoms. The molecule has 3 saturated carbocycles. The van der Waals surface area contributed by atoms with E-state index in [4.69, 9.17) is 12.2 Å². The summed E-state index contributed by atoms with van der Waals surface area (Å²) in [6.07, 6.45) is 4.06. The topological polar surface area (TPSA) is 66.9 Å². The molecule has 0 radical (unpaired) electrons. The molecule has 5 nitrogen and oxygen atoms in total. The van der Waals surface area contributed by atoms with Gasteiger partial charge in [-0.2, -0.15) is 0 Å². The van der Waals surface area contributed by atoms with E-state index in [-0.39, 0.29) is 11.5 Å². The second kappa shape index (κ2) is 5.27. The summed E-state index contributed by atoms with van der Waals surface area (Å²) in [5.74, 6) is 3.05. The number of aromatic amines is 1. The van der Waals surface area contributed by atoms with Crippen LogP contribution in [0.15, 0.2) is 23.0 Å². The fourth-order valence-corrected chi connectivity index (χ4v) is 5.76. The van der Waals surface area contributed by atoms with Gasteiger partial charge in [-0.3, -0.25) is 14.2 Å². The monoisotopic (exact) mass is 355 g/mol. The van der Waals surface area contributed by atoms with Crippen LogP contribution in [0.25, 0.3) is 10.9 Å². The molecule has 1 aromatic carbocycles. The highest BCUT2D eigenvalue weighted by atomic mass is 32.1. The van der Waals surface area contributed by atoms with Crippen molar-refractivity contribution in [3.63, 3.8) is 0 Å². The Bertz CT molecular complexity index is 992. The van der Waals surface area contributed by atoms with Crippen LogP contribution in [-0.2, 0) is 6.54 Å². The minimum absolute atomic E-state index is 0.0420. The largest absolute Gasteiger partial charge is 0.349 e. The van der Waals surface area contributed by atoms with E-state index in [1.807, 2.05) is 6.92 Å². The molecule has 2 N–H and O–H groups in total. The Hall–Kier alpha value is -1.95. The molecule has 1 unspecified atom stereocenters. The Balaban J connectivity index is 1.42. The first-order valence-electron chi connectivity index (χ1n) is 9.16. The van der Waals surface area contributed by atoms with Crippen LogP contribution >= 0.6 is 12.2 Å². The standard InChI is InChI=1S/C19H21N3O2S/c1-2-22-18(24)12-6-5-11(8-13(12)20-19(22)25)17(23)21-16-14-9-3-4-10(7-9)15(14)16/h5-6,8-10,14-16H,2-4,7H2,1H3,(H,20,25)(H,21,23)/t9-,10-,14-,15+,16?/m0/s1. The van der Waals surface area contributed by atoms with E-state index in [2.05, 4.69) is 10.3 Å². The van der Waals surface area contributed by atoms with Crippen LogP contribution in [0.4, 0.5) is 0 Å². The average molecular weight is 355 g/mol. The fraction of sp³-hybridized carbons (Fsp3) is 0.526. The first kappa shape index (κ1) is 15.3. The quantitative estimate of drug-likeness (QED) is 0.832. The van der Waals surface area contributed by atoms with Gasteiger partial charge < -0.3 is 10.3 Å². The first-order valence-corrected chi connectivity index (χ1v) is 9.57. The Morgan fingerprint density at radius 3 is 2.72 bits per heavy atom. The lowest BCUT2D eigenvalue weighted by molar-refractivity contribution is 0.0944. The van der Waals surface area contributed by atoms with Crippen LogP contribution in [0.3, 0.4) is 0 Å². The number of rotatable bonds is 3. The molecule has 0 spiro atoms. The van der Waals surface area contributed by atoms with Gasteiger partial charge in [-0.15, -0.1) is 0 Å². The molecule has 130 valence electrons. The lowest BCUT2D eigenvalue weighted by atomic mass is 10.0. The highest BCUT2D eigenvalue weighted by Gasteiger charge is 2.65. The summed E-state index contributed by atoms with van der Waals surface area (Å²) in [5.41, 5.74) is 1.11. The summed E-state index contributed by atoms with van der Waals surface area (Å²) in [6, 6.07) is 5.57. The number of amides is 1. The number of hydrogen-bond donors (Lipinski definition) is 2. The van der Waals surface area contributed by atoms with Gasteiger partial charge in [0.15, 0.2) is 4.77 Å². The van der Waals surface area contributed by atoms with Gasteiger partial charge in [-0.25, -0.2) is 0 Å². The molecule has 1 aromatic heterocycles. The molecule has 0 saturated heterocycles. The minimum atomic E-state index is -0.110. The van der Waals surface area contributed by atoms with Crippen LogP contribution in [0.2, 0.25) is 0 Å².